The van der Waals surface area contributed by atoms with Crippen LogP contribution >= 0.6 is 0 Å². The Labute approximate surface area is 181 Å². The number of carbonyl (C=O) groups is 1. The van der Waals surface area contributed by atoms with Crippen LogP contribution in [0.2, 0.25) is 0 Å². The van der Waals surface area contributed by atoms with Gasteiger partial charge >= 0.3 is 0 Å². The number of aromatic nitrogens is 1. The number of benzene rings is 2. The number of nitrogens with zero attached hydrogens (tertiary/aromatic N) is 4. The van der Waals surface area contributed by atoms with E-state index in [2.05, 4.69) is 15.5 Å². The largest absolute Gasteiger partial charge is 0.378 e. The van der Waals surface area contributed by atoms with Crippen LogP contribution < -0.4 is 14.6 Å². The topological polar surface area (TPSA) is 95.0 Å². The molecule has 0 fully saturated rings. The van der Waals surface area contributed by atoms with Crippen molar-refractivity contribution in [2.75, 3.05) is 29.8 Å². The monoisotopic (exact) mass is 437 g/mol. The minimum Gasteiger partial charge on any atom is -0.378 e. The Balaban J connectivity index is 1.75. The van der Waals surface area contributed by atoms with E-state index in [9.17, 15) is 13.2 Å². The van der Waals surface area contributed by atoms with E-state index in [-0.39, 0.29) is 10.6 Å². The fraction of sp³-hybridized carbons (Fsp3) is 0.136. The van der Waals surface area contributed by atoms with Crippen LogP contribution in [0.3, 0.4) is 0 Å². The maximum absolute atomic E-state index is 13.1. The van der Waals surface area contributed by atoms with Crippen molar-refractivity contribution < 1.29 is 13.2 Å². The Kier molecular flexibility index (Phi) is 6.99. The molecule has 1 heterocycles. The minimum atomic E-state index is -3.96. The summed E-state index contributed by atoms with van der Waals surface area (Å²) in [6.45, 7) is -0.445. The van der Waals surface area contributed by atoms with Crippen molar-refractivity contribution in [3.63, 3.8) is 0 Å². The number of sulfonamides is 1. The molecule has 8 nitrogen and oxygen atoms in total. The fourth-order valence-electron chi connectivity index (χ4n) is 2.74. The Morgan fingerprint density at radius 1 is 1.00 bits per heavy atom. The predicted molar refractivity (Wildman–Crippen MR) is 122 cm³/mol. The summed E-state index contributed by atoms with van der Waals surface area (Å²) in [5.41, 5.74) is 4.51. The number of rotatable bonds is 8. The average Bonchev–Trinajstić information content (AvgIpc) is 2.79. The molecule has 0 saturated carbocycles. The fourth-order valence-corrected chi connectivity index (χ4v) is 4.17. The van der Waals surface area contributed by atoms with Crippen LogP contribution in [-0.2, 0) is 14.8 Å². The zero-order chi connectivity index (χ0) is 22.3. The first-order chi connectivity index (χ1) is 14.9. The molecular weight excluding hydrogens is 414 g/mol. The number of nitrogens with one attached hydrogen (secondary N) is 1. The number of hydrogen-bond donors (Lipinski definition) is 1. The van der Waals surface area contributed by atoms with Gasteiger partial charge in [-0.25, -0.2) is 13.8 Å². The maximum Gasteiger partial charge on any atom is 0.264 e. The molecule has 9 heteroatoms. The SMILES string of the molecule is CN(C)c1ccc(/C=N\NC(=O)CN(c2cccnc2)S(=O)(=O)c2ccccc2)cc1. The molecule has 0 atom stereocenters. The van der Waals surface area contributed by atoms with Gasteiger partial charge in [0.1, 0.15) is 6.54 Å². The van der Waals surface area contributed by atoms with Crippen molar-refractivity contribution in [3.05, 3.63) is 84.7 Å². The molecule has 0 aliphatic heterocycles. The molecule has 0 unspecified atom stereocenters. The molecule has 0 spiro atoms. The van der Waals surface area contributed by atoms with Gasteiger partial charge in [0.25, 0.3) is 15.9 Å². The van der Waals surface area contributed by atoms with Crippen molar-refractivity contribution in [3.8, 4) is 0 Å². The van der Waals surface area contributed by atoms with Gasteiger partial charge in [-0.2, -0.15) is 5.10 Å². The summed E-state index contributed by atoms with van der Waals surface area (Å²) in [5.74, 6) is -0.579. The third-order valence-corrected chi connectivity index (χ3v) is 6.15. The van der Waals surface area contributed by atoms with Crippen LogP contribution in [0.4, 0.5) is 11.4 Å². The van der Waals surface area contributed by atoms with Crippen molar-refractivity contribution in [2.45, 2.75) is 4.90 Å². The number of anilines is 2. The lowest BCUT2D eigenvalue weighted by atomic mass is 10.2. The smallest absolute Gasteiger partial charge is 0.264 e. The third-order valence-electron chi connectivity index (χ3n) is 4.36. The standard InChI is InChI=1S/C22H23N5O3S/c1-26(2)19-12-10-18(11-13-19)15-24-25-22(28)17-27(20-7-6-14-23-16-20)31(29,30)21-8-4-3-5-9-21/h3-16H,17H2,1-2H3,(H,25,28)/b24-15-. The molecule has 0 radical (unpaired) electrons. The highest BCUT2D eigenvalue weighted by atomic mass is 32.2. The van der Waals surface area contributed by atoms with Gasteiger partial charge in [-0.15, -0.1) is 0 Å². The van der Waals surface area contributed by atoms with E-state index in [1.165, 1.54) is 30.7 Å². The van der Waals surface area contributed by atoms with E-state index >= 15 is 0 Å². The van der Waals surface area contributed by atoms with Gasteiger partial charge in [0, 0.05) is 26.0 Å². The van der Waals surface area contributed by atoms with Crippen molar-refractivity contribution in [1.82, 2.24) is 10.4 Å². The van der Waals surface area contributed by atoms with Crippen molar-refractivity contribution in [2.24, 2.45) is 5.10 Å². The van der Waals surface area contributed by atoms with Gasteiger partial charge in [0.05, 0.1) is 23.0 Å². The molecule has 1 N–H and O–H groups in total. The number of hydrogen-bond acceptors (Lipinski definition) is 6. The Hall–Kier alpha value is -3.72. The molecule has 3 rings (SSSR count). The molecule has 0 aliphatic rings. The highest BCUT2D eigenvalue weighted by Crippen LogP contribution is 2.22. The molecule has 3 aromatic rings. The number of pyridine rings is 1. The Morgan fingerprint density at radius 3 is 2.32 bits per heavy atom. The van der Waals surface area contributed by atoms with Crippen molar-refractivity contribution >= 4 is 33.5 Å². The van der Waals surface area contributed by atoms with E-state index < -0.39 is 22.5 Å². The molecule has 0 aliphatic carbocycles. The van der Waals surface area contributed by atoms with E-state index in [4.69, 9.17) is 0 Å². The van der Waals surface area contributed by atoms with Crippen LogP contribution in [0.5, 0.6) is 0 Å². The first-order valence-electron chi connectivity index (χ1n) is 9.45. The summed E-state index contributed by atoms with van der Waals surface area (Å²) in [6, 6.07) is 18.7. The Bertz CT molecular complexity index is 1130. The van der Waals surface area contributed by atoms with Gasteiger partial charge < -0.3 is 4.90 Å². The number of carbonyl (C=O) groups excluding carboxylic acids is 1. The minimum absolute atomic E-state index is 0.0798. The zero-order valence-electron chi connectivity index (χ0n) is 17.2. The molecular formula is C22H23N5O3S. The Morgan fingerprint density at radius 2 is 1.71 bits per heavy atom. The van der Waals surface area contributed by atoms with Crippen LogP contribution in [0, 0.1) is 0 Å². The van der Waals surface area contributed by atoms with Gasteiger partial charge in [-0.05, 0) is 42.0 Å². The highest BCUT2D eigenvalue weighted by molar-refractivity contribution is 7.92. The van der Waals surface area contributed by atoms with E-state index in [1.54, 1.807) is 30.3 Å². The average molecular weight is 438 g/mol. The van der Waals surface area contributed by atoms with E-state index in [0.29, 0.717) is 0 Å². The predicted octanol–water partition coefficient (Wildman–Crippen LogP) is 2.49. The van der Waals surface area contributed by atoms with Crippen LogP contribution in [-0.4, -0.2) is 46.2 Å². The van der Waals surface area contributed by atoms with Crippen molar-refractivity contribution in [1.29, 1.82) is 0 Å². The molecule has 1 aromatic heterocycles. The molecule has 1 amide bonds. The molecule has 2 aromatic carbocycles. The molecule has 31 heavy (non-hydrogen) atoms. The molecule has 0 bridgehead atoms. The van der Waals surface area contributed by atoms with Crippen LogP contribution in [0.1, 0.15) is 5.56 Å². The molecule has 0 saturated heterocycles. The van der Waals surface area contributed by atoms with Crippen LogP contribution in [0.15, 0.2) is 89.1 Å². The number of hydrazone groups is 1. The van der Waals surface area contributed by atoms with Gasteiger partial charge in [-0.3, -0.25) is 14.1 Å². The van der Waals surface area contributed by atoms with E-state index in [1.807, 2.05) is 43.3 Å². The van der Waals surface area contributed by atoms with Gasteiger partial charge in [0.2, 0.25) is 0 Å². The quantitative estimate of drug-likeness (QED) is 0.432. The zero-order valence-corrected chi connectivity index (χ0v) is 18.0. The second-order valence-electron chi connectivity index (χ2n) is 6.82. The summed E-state index contributed by atoms with van der Waals surface area (Å²) in [6.07, 6.45) is 4.42. The normalized spacial score (nSPS) is 11.3. The van der Waals surface area contributed by atoms with Gasteiger partial charge in [0.15, 0.2) is 0 Å². The highest BCUT2D eigenvalue weighted by Gasteiger charge is 2.27. The van der Waals surface area contributed by atoms with Crippen LogP contribution in [0.25, 0.3) is 0 Å². The first-order valence-corrected chi connectivity index (χ1v) is 10.9. The first kappa shape index (κ1) is 22.0. The lowest BCUT2D eigenvalue weighted by molar-refractivity contribution is -0.119. The summed E-state index contributed by atoms with van der Waals surface area (Å²) < 4.78 is 27.3. The summed E-state index contributed by atoms with van der Waals surface area (Å²) in [5, 5.41) is 3.94. The third kappa shape index (κ3) is 5.67. The van der Waals surface area contributed by atoms with E-state index in [0.717, 1.165) is 15.6 Å². The lowest BCUT2D eigenvalue weighted by Gasteiger charge is -2.23. The lowest BCUT2D eigenvalue weighted by Crippen LogP contribution is -2.39. The second kappa shape index (κ2) is 9.86. The molecule has 160 valence electrons. The summed E-state index contributed by atoms with van der Waals surface area (Å²) >= 11 is 0. The summed E-state index contributed by atoms with van der Waals surface area (Å²) in [4.78, 5) is 18.5. The van der Waals surface area contributed by atoms with Gasteiger partial charge in [-0.1, -0.05) is 30.3 Å². The number of amides is 1. The second-order valence-corrected chi connectivity index (χ2v) is 8.68. The summed E-state index contributed by atoms with van der Waals surface area (Å²) in [7, 11) is -0.0728. The maximum atomic E-state index is 13.1.